The fourth-order valence-electron chi connectivity index (χ4n) is 1.46. The molecule has 0 amide bonds. The highest BCUT2D eigenvalue weighted by atomic mass is 16.5. The predicted molar refractivity (Wildman–Crippen MR) is 60.5 cm³/mol. The lowest BCUT2D eigenvalue weighted by Gasteiger charge is -2.14. The topological polar surface area (TPSA) is 26.3 Å². The van der Waals surface area contributed by atoms with Gasteiger partial charge in [0, 0.05) is 5.92 Å². The highest BCUT2D eigenvalue weighted by Crippen LogP contribution is 2.09. The van der Waals surface area contributed by atoms with Crippen LogP contribution in [0.3, 0.4) is 0 Å². The number of benzene rings is 1. The van der Waals surface area contributed by atoms with Crippen LogP contribution in [-0.2, 0) is 16.1 Å². The van der Waals surface area contributed by atoms with E-state index in [1.54, 1.807) is 0 Å². The Bertz CT molecular complexity index is 282. The molecule has 0 saturated carbocycles. The van der Waals surface area contributed by atoms with Gasteiger partial charge in [0.2, 0.25) is 0 Å². The third kappa shape index (κ3) is 4.75. The van der Waals surface area contributed by atoms with Gasteiger partial charge in [-0.1, -0.05) is 37.3 Å². The smallest absolute Gasteiger partial charge is 0.122 e. The van der Waals surface area contributed by atoms with Crippen LogP contribution in [0.1, 0.15) is 25.8 Å². The van der Waals surface area contributed by atoms with E-state index in [2.05, 4.69) is 0 Å². The second-order valence-electron chi connectivity index (χ2n) is 3.96. The molecule has 0 aliphatic carbocycles. The molecule has 1 aromatic carbocycles. The Kier molecular flexibility index (Phi) is 5.05. The summed E-state index contributed by atoms with van der Waals surface area (Å²) in [6.45, 7) is 4.53. The maximum Gasteiger partial charge on any atom is 0.122 e. The third-order valence-corrected chi connectivity index (χ3v) is 2.31. The Balaban J connectivity index is 2.28. The molecule has 0 spiro atoms. The molecule has 0 aliphatic heterocycles. The minimum absolute atomic E-state index is 0.0794. The quantitative estimate of drug-likeness (QED) is 0.669. The number of carbonyl (C=O) groups excluding carboxylic acids is 1. The number of carbonyl (C=O) groups is 1. The van der Waals surface area contributed by atoms with Crippen molar-refractivity contribution >= 4 is 6.29 Å². The van der Waals surface area contributed by atoms with Crippen LogP contribution in [0.2, 0.25) is 0 Å². The van der Waals surface area contributed by atoms with Gasteiger partial charge in [0.1, 0.15) is 6.29 Å². The minimum atomic E-state index is 0.0794. The van der Waals surface area contributed by atoms with Crippen LogP contribution >= 0.6 is 0 Å². The Morgan fingerprint density at radius 2 is 1.93 bits per heavy atom. The van der Waals surface area contributed by atoms with Crippen LogP contribution in [-0.4, -0.2) is 12.4 Å². The van der Waals surface area contributed by atoms with Crippen LogP contribution in [0, 0.1) is 5.92 Å². The second-order valence-corrected chi connectivity index (χ2v) is 3.96. The van der Waals surface area contributed by atoms with Gasteiger partial charge in [0.25, 0.3) is 0 Å². The average molecular weight is 206 g/mol. The summed E-state index contributed by atoms with van der Waals surface area (Å²) in [5.74, 6) is 0.0794. The van der Waals surface area contributed by atoms with Crippen LogP contribution < -0.4 is 0 Å². The van der Waals surface area contributed by atoms with Gasteiger partial charge < -0.3 is 9.53 Å². The number of aldehydes is 1. The lowest BCUT2D eigenvalue weighted by Crippen LogP contribution is -2.13. The largest absolute Gasteiger partial charge is 0.374 e. The summed E-state index contributed by atoms with van der Waals surface area (Å²) in [6.07, 6.45) is 1.89. The van der Waals surface area contributed by atoms with Gasteiger partial charge in [-0.3, -0.25) is 0 Å². The van der Waals surface area contributed by atoms with E-state index >= 15 is 0 Å². The summed E-state index contributed by atoms with van der Waals surface area (Å²) in [4.78, 5) is 10.5. The molecule has 0 radical (unpaired) electrons. The van der Waals surface area contributed by atoms with Gasteiger partial charge >= 0.3 is 0 Å². The average Bonchev–Trinajstić information content (AvgIpc) is 2.27. The zero-order chi connectivity index (χ0) is 11.1. The van der Waals surface area contributed by atoms with E-state index in [4.69, 9.17) is 4.74 Å². The van der Waals surface area contributed by atoms with Gasteiger partial charge in [-0.25, -0.2) is 0 Å². The summed E-state index contributed by atoms with van der Waals surface area (Å²) in [6, 6.07) is 10.1. The molecule has 0 heterocycles. The third-order valence-electron chi connectivity index (χ3n) is 2.31. The van der Waals surface area contributed by atoms with E-state index in [9.17, 15) is 4.79 Å². The van der Waals surface area contributed by atoms with Gasteiger partial charge in [-0.2, -0.15) is 0 Å². The first kappa shape index (κ1) is 11.9. The monoisotopic (exact) mass is 206 g/mol. The SMILES string of the molecule is C[C@H](C=O)C[C@H](C)OCc1ccccc1. The van der Waals surface area contributed by atoms with Crippen molar-refractivity contribution in [3.05, 3.63) is 35.9 Å². The highest BCUT2D eigenvalue weighted by Gasteiger charge is 2.07. The molecule has 0 bridgehead atoms. The molecule has 2 nitrogen and oxygen atoms in total. The van der Waals surface area contributed by atoms with Gasteiger partial charge in [0.05, 0.1) is 12.7 Å². The molecule has 0 aromatic heterocycles. The van der Waals surface area contributed by atoms with E-state index in [1.807, 2.05) is 44.2 Å². The second kappa shape index (κ2) is 6.36. The Morgan fingerprint density at radius 1 is 1.27 bits per heavy atom. The number of hydrogen-bond donors (Lipinski definition) is 0. The molecule has 1 aromatic rings. The van der Waals surface area contributed by atoms with Crippen molar-refractivity contribution in [1.82, 2.24) is 0 Å². The van der Waals surface area contributed by atoms with Crippen LogP contribution in [0.15, 0.2) is 30.3 Å². The number of ether oxygens (including phenoxy) is 1. The fraction of sp³-hybridized carbons (Fsp3) is 0.462. The highest BCUT2D eigenvalue weighted by molar-refractivity contribution is 5.52. The maximum atomic E-state index is 10.5. The molecule has 82 valence electrons. The van der Waals surface area contributed by atoms with Crippen LogP contribution in [0.4, 0.5) is 0 Å². The van der Waals surface area contributed by atoms with E-state index in [0.717, 1.165) is 12.7 Å². The summed E-state index contributed by atoms with van der Waals surface area (Å²) < 4.78 is 5.64. The Hall–Kier alpha value is -1.15. The van der Waals surface area contributed by atoms with Crippen LogP contribution in [0.25, 0.3) is 0 Å². The van der Waals surface area contributed by atoms with Crippen LogP contribution in [0.5, 0.6) is 0 Å². The van der Waals surface area contributed by atoms with Gasteiger partial charge in [0.15, 0.2) is 0 Å². The first-order chi connectivity index (χ1) is 7.22. The van der Waals surface area contributed by atoms with Crippen molar-refractivity contribution in [1.29, 1.82) is 0 Å². The van der Waals surface area contributed by atoms with Crippen molar-refractivity contribution in [2.45, 2.75) is 33.0 Å². The molecule has 0 N–H and O–H groups in total. The van der Waals surface area contributed by atoms with E-state index in [-0.39, 0.29) is 12.0 Å². The van der Waals surface area contributed by atoms with Crippen molar-refractivity contribution < 1.29 is 9.53 Å². The van der Waals surface area contributed by atoms with Crippen molar-refractivity contribution in [2.24, 2.45) is 5.92 Å². The zero-order valence-electron chi connectivity index (χ0n) is 9.35. The number of rotatable bonds is 6. The van der Waals surface area contributed by atoms with E-state index < -0.39 is 0 Å². The normalized spacial score (nSPS) is 14.5. The molecule has 0 aliphatic rings. The predicted octanol–water partition coefficient (Wildman–Crippen LogP) is 2.82. The lowest BCUT2D eigenvalue weighted by atomic mass is 10.1. The standard InChI is InChI=1S/C13H18O2/c1-11(9-14)8-12(2)15-10-13-6-4-3-5-7-13/h3-7,9,11-12H,8,10H2,1-2H3/t11-,12-/m0/s1. The lowest BCUT2D eigenvalue weighted by molar-refractivity contribution is -0.111. The molecular weight excluding hydrogens is 188 g/mol. The zero-order valence-corrected chi connectivity index (χ0v) is 9.35. The summed E-state index contributed by atoms with van der Waals surface area (Å²) in [7, 11) is 0. The van der Waals surface area contributed by atoms with Gasteiger partial charge in [-0.15, -0.1) is 0 Å². The molecule has 0 unspecified atom stereocenters. The molecule has 15 heavy (non-hydrogen) atoms. The van der Waals surface area contributed by atoms with E-state index in [0.29, 0.717) is 6.61 Å². The molecule has 2 heteroatoms. The molecular formula is C13H18O2. The van der Waals surface area contributed by atoms with Crippen molar-refractivity contribution in [2.75, 3.05) is 0 Å². The fourth-order valence-corrected chi connectivity index (χ4v) is 1.46. The first-order valence-electron chi connectivity index (χ1n) is 5.33. The number of hydrogen-bond acceptors (Lipinski definition) is 2. The van der Waals surface area contributed by atoms with Crippen molar-refractivity contribution in [3.8, 4) is 0 Å². The minimum Gasteiger partial charge on any atom is -0.374 e. The molecule has 2 atom stereocenters. The Morgan fingerprint density at radius 3 is 2.53 bits per heavy atom. The van der Waals surface area contributed by atoms with E-state index in [1.165, 1.54) is 5.56 Å². The summed E-state index contributed by atoms with van der Waals surface area (Å²) in [5.41, 5.74) is 1.17. The summed E-state index contributed by atoms with van der Waals surface area (Å²) in [5, 5.41) is 0. The Labute approximate surface area is 91.3 Å². The summed E-state index contributed by atoms with van der Waals surface area (Å²) >= 11 is 0. The maximum absolute atomic E-state index is 10.5. The molecule has 1 rings (SSSR count). The van der Waals surface area contributed by atoms with Crippen molar-refractivity contribution in [3.63, 3.8) is 0 Å². The first-order valence-corrected chi connectivity index (χ1v) is 5.33. The molecule has 0 saturated heterocycles. The van der Waals surface area contributed by atoms with Gasteiger partial charge in [-0.05, 0) is 18.9 Å². The molecule has 0 fully saturated rings.